The van der Waals surface area contributed by atoms with Crippen molar-refractivity contribution in [3.63, 3.8) is 0 Å². The predicted molar refractivity (Wildman–Crippen MR) is 88.8 cm³/mol. The molecule has 0 fully saturated rings. The van der Waals surface area contributed by atoms with Gasteiger partial charge in [0.15, 0.2) is 0 Å². The molecule has 0 N–H and O–H groups in total. The molecule has 0 bridgehead atoms. The fourth-order valence-corrected chi connectivity index (χ4v) is 2.83. The van der Waals surface area contributed by atoms with Gasteiger partial charge < -0.3 is 9.15 Å². The molecule has 0 saturated carbocycles. The van der Waals surface area contributed by atoms with Crippen molar-refractivity contribution < 1.29 is 13.9 Å². The smallest absolute Gasteiger partial charge is 0.308 e. The summed E-state index contributed by atoms with van der Waals surface area (Å²) >= 11 is 0. The van der Waals surface area contributed by atoms with Crippen molar-refractivity contribution in [2.75, 3.05) is 0 Å². The Morgan fingerprint density at radius 3 is 2.57 bits per heavy atom. The van der Waals surface area contributed by atoms with Gasteiger partial charge in [0.25, 0.3) is 0 Å². The lowest BCUT2D eigenvalue weighted by atomic mass is 10.0. The first-order valence-corrected chi connectivity index (χ1v) is 7.20. The number of carbonyl (C=O) groups is 1. The van der Waals surface area contributed by atoms with Crippen molar-refractivity contribution in [2.24, 2.45) is 0 Å². The van der Waals surface area contributed by atoms with Crippen molar-refractivity contribution in [1.82, 2.24) is 0 Å². The molecule has 4 rings (SSSR count). The van der Waals surface area contributed by atoms with Gasteiger partial charge in [-0.3, -0.25) is 9.59 Å². The first-order chi connectivity index (χ1) is 11.1. The van der Waals surface area contributed by atoms with E-state index in [0.29, 0.717) is 27.7 Å². The molecule has 4 nitrogen and oxygen atoms in total. The average molecular weight is 304 g/mol. The summed E-state index contributed by atoms with van der Waals surface area (Å²) in [6.07, 6.45) is 0. The third-order valence-electron chi connectivity index (χ3n) is 3.80. The number of rotatable bonds is 1. The highest BCUT2D eigenvalue weighted by Gasteiger charge is 2.12. The summed E-state index contributed by atoms with van der Waals surface area (Å²) in [5, 5.41) is 2.75. The van der Waals surface area contributed by atoms with Crippen LogP contribution in [0.1, 0.15) is 6.92 Å². The molecule has 0 saturated heterocycles. The summed E-state index contributed by atoms with van der Waals surface area (Å²) in [7, 11) is 0. The summed E-state index contributed by atoms with van der Waals surface area (Å²) in [6.45, 7) is 1.32. The summed E-state index contributed by atoms with van der Waals surface area (Å²) < 4.78 is 10.9. The van der Waals surface area contributed by atoms with Gasteiger partial charge in [0.2, 0.25) is 5.43 Å². The maximum Gasteiger partial charge on any atom is 0.308 e. The normalized spacial score (nSPS) is 11.2. The maximum atomic E-state index is 12.9. The van der Waals surface area contributed by atoms with E-state index in [-0.39, 0.29) is 5.43 Å². The van der Waals surface area contributed by atoms with Gasteiger partial charge in [0, 0.05) is 6.92 Å². The number of hydrogen-bond donors (Lipinski definition) is 0. The van der Waals surface area contributed by atoms with Crippen LogP contribution in [0.5, 0.6) is 5.75 Å². The zero-order chi connectivity index (χ0) is 16.0. The molecular formula is C19H12O4. The van der Waals surface area contributed by atoms with Gasteiger partial charge >= 0.3 is 5.97 Å². The van der Waals surface area contributed by atoms with Gasteiger partial charge in [-0.2, -0.15) is 0 Å². The van der Waals surface area contributed by atoms with Crippen LogP contribution in [0.2, 0.25) is 0 Å². The van der Waals surface area contributed by atoms with E-state index in [0.717, 1.165) is 10.8 Å². The fraction of sp³-hybridized carbons (Fsp3) is 0.0526. The van der Waals surface area contributed by atoms with Crippen LogP contribution in [0.4, 0.5) is 0 Å². The molecule has 0 amide bonds. The molecule has 0 spiro atoms. The Balaban J connectivity index is 2.13. The molecule has 0 aliphatic rings. The average Bonchev–Trinajstić information content (AvgIpc) is 2.54. The minimum atomic E-state index is -0.431. The standard InChI is InChI=1S/C19H12O4/c1-11(20)22-13-7-9-16-15(10-13)19(21)18-14-5-3-2-4-12(14)6-8-17(18)23-16/h2-10H,1H3. The van der Waals surface area contributed by atoms with Crippen molar-refractivity contribution in [3.05, 3.63) is 64.8 Å². The van der Waals surface area contributed by atoms with Crippen LogP contribution in [0.3, 0.4) is 0 Å². The van der Waals surface area contributed by atoms with Crippen molar-refractivity contribution in [3.8, 4) is 5.75 Å². The van der Waals surface area contributed by atoms with E-state index in [9.17, 15) is 9.59 Å². The van der Waals surface area contributed by atoms with E-state index in [2.05, 4.69) is 0 Å². The molecule has 1 heterocycles. The highest BCUT2D eigenvalue weighted by atomic mass is 16.5. The van der Waals surface area contributed by atoms with E-state index in [1.165, 1.54) is 6.92 Å². The third kappa shape index (κ3) is 2.16. The lowest BCUT2D eigenvalue weighted by Gasteiger charge is -2.06. The SMILES string of the molecule is CC(=O)Oc1ccc2oc3ccc4ccccc4c3c(=O)c2c1. The lowest BCUT2D eigenvalue weighted by Crippen LogP contribution is -2.05. The van der Waals surface area contributed by atoms with E-state index in [1.54, 1.807) is 24.3 Å². The van der Waals surface area contributed by atoms with E-state index < -0.39 is 5.97 Å². The Labute approximate surface area is 130 Å². The van der Waals surface area contributed by atoms with Gasteiger partial charge in [-0.15, -0.1) is 0 Å². The van der Waals surface area contributed by atoms with Gasteiger partial charge in [-0.05, 0) is 35.0 Å². The number of hydrogen-bond acceptors (Lipinski definition) is 4. The van der Waals surface area contributed by atoms with Crippen LogP contribution < -0.4 is 10.2 Å². The summed E-state index contributed by atoms with van der Waals surface area (Å²) in [5.74, 6) is -0.100. The largest absolute Gasteiger partial charge is 0.456 e. The first kappa shape index (κ1) is 13.5. The number of carbonyl (C=O) groups excluding carboxylic acids is 1. The zero-order valence-electron chi connectivity index (χ0n) is 12.3. The number of benzene rings is 3. The number of fused-ring (bicyclic) bond motifs is 4. The summed E-state index contributed by atoms with van der Waals surface area (Å²) in [5.41, 5.74) is 0.877. The molecule has 112 valence electrons. The second kappa shape index (κ2) is 4.95. The minimum absolute atomic E-state index is 0.132. The highest BCUT2D eigenvalue weighted by Crippen LogP contribution is 2.27. The van der Waals surface area contributed by atoms with Crippen LogP contribution in [-0.4, -0.2) is 5.97 Å². The first-order valence-electron chi connectivity index (χ1n) is 7.20. The molecule has 23 heavy (non-hydrogen) atoms. The molecule has 3 aromatic carbocycles. The van der Waals surface area contributed by atoms with Gasteiger partial charge in [-0.25, -0.2) is 0 Å². The van der Waals surface area contributed by atoms with E-state index in [1.807, 2.05) is 30.3 Å². The van der Waals surface area contributed by atoms with Crippen molar-refractivity contribution in [1.29, 1.82) is 0 Å². The van der Waals surface area contributed by atoms with Crippen LogP contribution >= 0.6 is 0 Å². The third-order valence-corrected chi connectivity index (χ3v) is 3.80. The van der Waals surface area contributed by atoms with Crippen LogP contribution in [0.15, 0.2) is 63.8 Å². The van der Waals surface area contributed by atoms with E-state index in [4.69, 9.17) is 9.15 Å². The fourth-order valence-electron chi connectivity index (χ4n) is 2.83. The van der Waals surface area contributed by atoms with E-state index >= 15 is 0 Å². The Morgan fingerprint density at radius 1 is 0.957 bits per heavy atom. The van der Waals surface area contributed by atoms with Gasteiger partial charge in [0.1, 0.15) is 16.9 Å². The van der Waals surface area contributed by atoms with Crippen molar-refractivity contribution in [2.45, 2.75) is 6.92 Å². The molecule has 4 heteroatoms. The predicted octanol–water partition coefficient (Wildman–Crippen LogP) is 4.02. The Kier molecular flexibility index (Phi) is 2.91. The van der Waals surface area contributed by atoms with Gasteiger partial charge in [-0.1, -0.05) is 30.3 Å². The topological polar surface area (TPSA) is 56.5 Å². The van der Waals surface area contributed by atoms with Crippen LogP contribution in [0, 0.1) is 0 Å². The molecule has 1 aromatic heterocycles. The Morgan fingerprint density at radius 2 is 1.74 bits per heavy atom. The Hall–Kier alpha value is -3.14. The molecular weight excluding hydrogens is 292 g/mol. The zero-order valence-corrected chi connectivity index (χ0v) is 12.3. The lowest BCUT2D eigenvalue weighted by molar-refractivity contribution is -0.131. The number of esters is 1. The quantitative estimate of drug-likeness (QED) is 0.231. The molecule has 0 atom stereocenters. The highest BCUT2D eigenvalue weighted by molar-refractivity contribution is 6.08. The second-order valence-corrected chi connectivity index (χ2v) is 5.34. The molecule has 4 aromatic rings. The van der Waals surface area contributed by atoms with Crippen LogP contribution in [0.25, 0.3) is 32.7 Å². The van der Waals surface area contributed by atoms with Gasteiger partial charge in [0.05, 0.1) is 10.8 Å². The maximum absolute atomic E-state index is 12.9. The molecule has 0 aliphatic heterocycles. The van der Waals surface area contributed by atoms with Crippen LogP contribution in [-0.2, 0) is 4.79 Å². The number of ether oxygens (including phenoxy) is 1. The monoisotopic (exact) mass is 304 g/mol. The minimum Gasteiger partial charge on any atom is -0.456 e. The molecule has 0 aliphatic carbocycles. The summed E-state index contributed by atoms with van der Waals surface area (Å²) in [6, 6.07) is 16.2. The Bertz CT molecular complexity index is 1140. The molecule has 0 radical (unpaired) electrons. The second-order valence-electron chi connectivity index (χ2n) is 5.34. The molecule has 0 unspecified atom stereocenters. The summed E-state index contributed by atoms with van der Waals surface area (Å²) in [4.78, 5) is 24.0. The van der Waals surface area contributed by atoms with Crippen molar-refractivity contribution >= 4 is 38.7 Å².